The molecule has 1 amide bonds. The lowest BCUT2D eigenvalue weighted by Crippen LogP contribution is -2.62. The zero-order valence-corrected chi connectivity index (χ0v) is 14.1. The van der Waals surface area contributed by atoms with E-state index in [9.17, 15) is 14.9 Å². The van der Waals surface area contributed by atoms with Gasteiger partial charge in [0.25, 0.3) is 0 Å². The average Bonchev–Trinajstić information content (AvgIpc) is 2.97. The van der Waals surface area contributed by atoms with E-state index >= 15 is 0 Å². The third kappa shape index (κ3) is 3.52. The van der Waals surface area contributed by atoms with Crippen LogP contribution in [0, 0.1) is 15.5 Å². The first-order valence-corrected chi connectivity index (χ1v) is 7.81. The predicted molar refractivity (Wildman–Crippen MR) is 83.9 cm³/mol. The van der Waals surface area contributed by atoms with Crippen LogP contribution in [0.5, 0.6) is 0 Å². The molecule has 0 aromatic carbocycles. The molecule has 0 aliphatic heterocycles. The van der Waals surface area contributed by atoms with Gasteiger partial charge in [-0.05, 0) is 13.3 Å². The van der Waals surface area contributed by atoms with Crippen molar-refractivity contribution in [2.75, 3.05) is 13.7 Å². The van der Waals surface area contributed by atoms with Crippen LogP contribution in [0.25, 0.3) is 0 Å². The molecule has 0 spiro atoms. The van der Waals surface area contributed by atoms with Crippen LogP contribution in [0.2, 0.25) is 0 Å². The highest BCUT2D eigenvalue weighted by molar-refractivity contribution is 5.76. The van der Waals surface area contributed by atoms with Crippen molar-refractivity contribution in [2.45, 2.75) is 52.3 Å². The number of rotatable bonds is 7. The van der Waals surface area contributed by atoms with Crippen molar-refractivity contribution in [1.82, 2.24) is 14.7 Å². The van der Waals surface area contributed by atoms with Gasteiger partial charge in [-0.25, -0.2) is 0 Å². The Morgan fingerprint density at radius 1 is 1.61 bits per heavy atom. The van der Waals surface area contributed by atoms with Crippen molar-refractivity contribution >= 4 is 11.6 Å². The predicted octanol–water partition coefficient (Wildman–Crippen LogP) is 1.84. The molecule has 128 valence electrons. The molecule has 8 nitrogen and oxygen atoms in total. The van der Waals surface area contributed by atoms with Crippen LogP contribution in [-0.4, -0.2) is 51.3 Å². The van der Waals surface area contributed by atoms with Gasteiger partial charge in [-0.1, -0.05) is 13.8 Å². The number of carbonyl (C=O) groups excluding carboxylic acids is 1. The van der Waals surface area contributed by atoms with E-state index in [0.717, 1.165) is 6.42 Å². The van der Waals surface area contributed by atoms with Gasteiger partial charge in [0, 0.05) is 38.1 Å². The Morgan fingerprint density at radius 2 is 2.30 bits per heavy atom. The lowest BCUT2D eigenvalue weighted by molar-refractivity contribution is -0.385. The van der Waals surface area contributed by atoms with Gasteiger partial charge in [-0.3, -0.25) is 19.6 Å². The molecule has 8 heteroatoms. The Bertz CT molecular complexity index is 584. The molecule has 2 atom stereocenters. The minimum absolute atomic E-state index is 0.0103. The molecule has 23 heavy (non-hydrogen) atoms. The Kier molecular flexibility index (Phi) is 5.03. The van der Waals surface area contributed by atoms with E-state index in [-0.39, 0.29) is 35.6 Å². The highest BCUT2D eigenvalue weighted by atomic mass is 16.6. The molecular formula is C15H24N4O4. The Morgan fingerprint density at radius 3 is 2.83 bits per heavy atom. The molecule has 1 aromatic rings. The third-order valence-corrected chi connectivity index (χ3v) is 4.74. The zero-order valence-electron chi connectivity index (χ0n) is 14.1. The van der Waals surface area contributed by atoms with Crippen molar-refractivity contribution in [3.8, 4) is 0 Å². The van der Waals surface area contributed by atoms with Gasteiger partial charge in [0.15, 0.2) is 0 Å². The molecule has 2 rings (SSSR count). The smallest absolute Gasteiger partial charge is 0.306 e. The third-order valence-electron chi connectivity index (χ3n) is 4.74. The topological polar surface area (TPSA) is 90.5 Å². The summed E-state index contributed by atoms with van der Waals surface area (Å²) in [7, 11) is 1.81. The fourth-order valence-electron chi connectivity index (χ4n) is 3.14. The van der Waals surface area contributed by atoms with Crippen LogP contribution >= 0.6 is 0 Å². The summed E-state index contributed by atoms with van der Waals surface area (Å²) in [5.74, 6) is 0.0103. The summed E-state index contributed by atoms with van der Waals surface area (Å²) in [5.41, 5.74) is -0.129. The van der Waals surface area contributed by atoms with Crippen molar-refractivity contribution < 1.29 is 14.5 Å². The summed E-state index contributed by atoms with van der Waals surface area (Å²) in [6, 6.07) is 0.151. The fraction of sp³-hybridized carbons (Fsp3) is 0.733. The van der Waals surface area contributed by atoms with E-state index in [0.29, 0.717) is 13.2 Å². The monoisotopic (exact) mass is 324 g/mol. The van der Waals surface area contributed by atoms with Crippen LogP contribution in [0.4, 0.5) is 5.69 Å². The highest BCUT2D eigenvalue weighted by Gasteiger charge is 2.51. The van der Waals surface area contributed by atoms with Gasteiger partial charge in [-0.2, -0.15) is 5.10 Å². The van der Waals surface area contributed by atoms with Gasteiger partial charge in [0.2, 0.25) is 5.91 Å². The fourth-order valence-corrected chi connectivity index (χ4v) is 3.14. The summed E-state index contributed by atoms with van der Waals surface area (Å²) in [5, 5.41) is 14.5. The van der Waals surface area contributed by atoms with E-state index in [2.05, 4.69) is 18.9 Å². The Balaban J connectivity index is 1.87. The van der Waals surface area contributed by atoms with Gasteiger partial charge in [0.05, 0.1) is 11.0 Å². The van der Waals surface area contributed by atoms with Crippen molar-refractivity contribution in [3.05, 3.63) is 22.5 Å². The highest BCUT2D eigenvalue weighted by Crippen LogP contribution is 2.45. The molecular weight excluding hydrogens is 300 g/mol. The molecule has 1 heterocycles. The number of aryl methyl sites for hydroxylation is 1. The molecule has 1 fully saturated rings. The maximum absolute atomic E-state index is 12.4. The van der Waals surface area contributed by atoms with Crippen molar-refractivity contribution in [1.29, 1.82) is 0 Å². The van der Waals surface area contributed by atoms with Gasteiger partial charge < -0.3 is 9.64 Å². The van der Waals surface area contributed by atoms with Crippen molar-refractivity contribution in [3.63, 3.8) is 0 Å². The first kappa shape index (κ1) is 17.4. The molecule has 0 saturated heterocycles. The van der Waals surface area contributed by atoms with E-state index in [1.165, 1.54) is 17.1 Å². The molecule has 1 aromatic heterocycles. The quantitative estimate of drug-likeness (QED) is 0.564. The lowest BCUT2D eigenvalue weighted by Gasteiger charge is -2.54. The Labute approximate surface area is 135 Å². The van der Waals surface area contributed by atoms with Crippen molar-refractivity contribution in [2.24, 2.45) is 5.41 Å². The largest absolute Gasteiger partial charge is 0.378 e. The lowest BCUT2D eigenvalue weighted by atomic mass is 9.63. The molecule has 0 radical (unpaired) electrons. The van der Waals surface area contributed by atoms with E-state index in [1.54, 1.807) is 4.90 Å². The van der Waals surface area contributed by atoms with E-state index in [1.807, 2.05) is 14.0 Å². The number of carbonyl (C=O) groups is 1. The number of ether oxygens (including phenoxy) is 1. The second kappa shape index (κ2) is 6.66. The zero-order chi connectivity index (χ0) is 17.2. The van der Waals surface area contributed by atoms with E-state index < -0.39 is 4.92 Å². The first-order chi connectivity index (χ1) is 10.8. The van der Waals surface area contributed by atoms with Gasteiger partial charge in [-0.15, -0.1) is 0 Å². The number of nitrogens with zero attached hydrogens (tertiary/aromatic N) is 4. The molecule has 0 bridgehead atoms. The van der Waals surface area contributed by atoms with Crippen LogP contribution < -0.4 is 0 Å². The van der Waals surface area contributed by atoms with Crippen LogP contribution in [0.3, 0.4) is 0 Å². The van der Waals surface area contributed by atoms with Crippen LogP contribution in [-0.2, 0) is 16.1 Å². The minimum Gasteiger partial charge on any atom is -0.378 e. The molecule has 0 unspecified atom stereocenters. The first-order valence-electron chi connectivity index (χ1n) is 7.81. The number of hydrogen-bond donors (Lipinski definition) is 0. The number of aromatic nitrogens is 2. The summed E-state index contributed by atoms with van der Waals surface area (Å²) < 4.78 is 7.12. The number of hydrogen-bond acceptors (Lipinski definition) is 5. The standard InChI is InChI=1S/C15H24N4O4/c1-5-23-13-8-12(15(13,2)3)17(4)14(20)6-7-18-10-11(9-16-18)19(21)22/h9-10,12-13H,5-8H2,1-4H3/t12-,13-/m1/s1. The molecule has 1 aliphatic carbocycles. The summed E-state index contributed by atoms with van der Waals surface area (Å²) in [6.45, 7) is 7.21. The maximum Gasteiger partial charge on any atom is 0.306 e. The van der Waals surface area contributed by atoms with Gasteiger partial charge in [0.1, 0.15) is 12.4 Å². The second-order valence-corrected chi connectivity index (χ2v) is 6.49. The second-order valence-electron chi connectivity index (χ2n) is 6.49. The summed E-state index contributed by atoms with van der Waals surface area (Å²) >= 11 is 0. The summed E-state index contributed by atoms with van der Waals surface area (Å²) in [4.78, 5) is 24.2. The minimum atomic E-state index is -0.498. The van der Waals surface area contributed by atoms with E-state index in [4.69, 9.17) is 4.74 Å². The van der Waals surface area contributed by atoms with Gasteiger partial charge >= 0.3 is 5.69 Å². The van der Waals surface area contributed by atoms with Crippen LogP contribution in [0.15, 0.2) is 12.4 Å². The SMILES string of the molecule is CCO[C@@H]1C[C@@H](N(C)C(=O)CCn2cc([N+](=O)[O-])cn2)C1(C)C. The number of amides is 1. The summed E-state index contributed by atoms with van der Waals surface area (Å²) in [6.07, 6.45) is 3.82. The maximum atomic E-state index is 12.4. The average molecular weight is 324 g/mol. The number of nitro groups is 1. The molecule has 1 saturated carbocycles. The Hall–Kier alpha value is -1.96. The molecule has 0 N–H and O–H groups in total. The normalized spacial score (nSPS) is 22.4. The van der Waals surface area contributed by atoms with Crippen LogP contribution in [0.1, 0.15) is 33.6 Å². The molecule has 1 aliphatic rings.